The van der Waals surface area contributed by atoms with Gasteiger partial charge in [0.25, 0.3) is 0 Å². The molecule has 0 spiro atoms. The number of hydrogen-bond acceptors (Lipinski definition) is 4. The second-order valence-corrected chi connectivity index (χ2v) is 5.33. The second kappa shape index (κ2) is 6.53. The fourth-order valence-corrected chi connectivity index (χ4v) is 1.89. The SMILES string of the molecule is Cc1nn(C(C)C(=O)O/N=C(\N)c2ccccc2)cc1Br. The van der Waals surface area contributed by atoms with E-state index >= 15 is 0 Å². The van der Waals surface area contributed by atoms with E-state index in [1.54, 1.807) is 25.3 Å². The number of benzene rings is 1. The van der Waals surface area contributed by atoms with Crippen LogP contribution in [0.3, 0.4) is 0 Å². The van der Waals surface area contributed by atoms with Gasteiger partial charge in [-0.2, -0.15) is 5.10 Å². The Morgan fingerprint density at radius 3 is 2.67 bits per heavy atom. The predicted octanol–water partition coefficient (Wildman–Crippen LogP) is 2.38. The van der Waals surface area contributed by atoms with Crippen LogP contribution in [0.5, 0.6) is 0 Å². The Morgan fingerprint density at radius 2 is 2.10 bits per heavy atom. The standard InChI is InChI=1S/C14H15BrN4O2/c1-9-12(15)8-19(17-9)10(2)14(20)21-18-13(16)11-6-4-3-5-7-11/h3-8,10H,1-2H3,(H2,16,18). The van der Waals surface area contributed by atoms with Gasteiger partial charge >= 0.3 is 5.97 Å². The number of amidine groups is 1. The number of aryl methyl sites for hydroxylation is 1. The average Bonchev–Trinajstić information content (AvgIpc) is 2.84. The third-order valence-corrected chi connectivity index (χ3v) is 3.68. The Hall–Kier alpha value is -2.15. The number of nitrogens with zero attached hydrogens (tertiary/aromatic N) is 3. The summed E-state index contributed by atoms with van der Waals surface area (Å²) in [7, 11) is 0. The first-order valence-electron chi connectivity index (χ1n) is 6.30. The number of rotatable bonds is 4. The van der Waals surface area contributed by atoms with E-state index in [4.69, 9.17) is 10.6 Å². The van der Waals surface area contributed by atoms with Crippen LogP contribution in [0.4, 0.5) is 0 Å². The molecule has 2 aromatic rings. The lowest BCUT2D eigenvalue weighted by atomic mass is 10.2. The van der Waals surface area contributed by atoms with Crippen LogP contribution in [-0.2, 0) is 9.63 Å². The number of nitrogens with two attached hydrogens (primary N) is 1. The van der Waals surface area contributed by atoms with Gasteiger partial charge in [0.1, 0.15) is 6.04 Å². The molecule has 0 aliphatic rings. The summed E-state index contributed by atoms with van der Waals surface area (Å²) in [6, 6.07) is 8.48. The largest absolute Gasteiger partial charge is 0.380 e. The second-order valence-electron chi connectivity index (χ2n) is 4.47. The summed E-state index contributed by atoms with van der Waals surface area (Å²) in [5.74, 6) is -0.391. The molecule has 0 saturated heterocycles. The molecule has 1 heterocycles. The zero-order chi connectivity index (χ0) is 15.4. The lowest BCUT2D eigenvalue weighted by Crippen LogP contribution is -2.20. The minimum atomic E-state index is -0.595. The lowest BCUT2D eigenvalue weighted by molar-refractivity contribution is -0.147. The van der Waals surface area contributed by atoms with Crippen molar-refractivity contribution >= 4 is 27.7 Å². The Balaban J connectivity index is 2.04. The Bertz CT molecular complexity index is 647. The smallest absolute Gasteiger partial charge is 0.359 e. The van der Waals surface area contributed by atoms with Crippen LogP contribution in [-0.4, -0.2) is 21.6 Å². The molecule has 0 aliphatic heterocycles. The third kappa shape index (κ3) is 3.69. The maximum Gasteiger partial charge on any atom is 0.359 e. The summed E-state index contributed by atoms with van der Waals surface area (Å²) in [5.41, 5.74) is 7.24. The van der Waals surface area contributed by atoms with Gasteiger partial charge in [0.15, 0.2) is 5.84 Å². The fraction of sp³-hybridized carbons (Fsp3) is 0.214. The Morgan fingerprint density at radius 1 is 1.43 bits per heavy atom. The molecule has 1 unspecified atom stereocenters. The normalized spacial score (nSPS) is 13.0. The topological polar surface area (TPSA) is 82.5 Å². The molecule has 21 heavy (non-hydrogen) atoms. The van der Waals surface area contributed by atoms with Crippen molar-refractivity contribution in [2.45, 2.75) is 19.9 Å². The van der Waals surface area contributed by atoms with Crippen LogP contribution in [0.1, 0.15) is 24.2 Å². The Labute approximate surface area is 130 Å². The maximum atomic E-state index is 11.9. The average molecular weight is 351 g/mol. The van der Waals surface area contributed by atoms with Crippen molar-refractivity contribution < 1.29 is 9.63 Å². The quantitative estimate of drug-likeness (QED) is 0.397. The lowest BCUT2D eigenvalue weighted by Gasteiger charge is -2.08. The zero-order valence-corrected chi connectivity index (χ0v) is 13.2. The van der Waals surface area contributed by atoms with E-state index in [0.717, 1.165) is 10.2 Å². The van der Waals surface area contributed by atoms with E-state index in [1.807, 2.05) is 25.1 Å². The van der Waals surface area contributed by atoms with Crippen LogP contribution in [0.25, 0.3) is 0 Å². The van der Waals surface area contributed by atoms with Crippen molar-refractivity contribution in [3.63, 3.8) is 0 Å². The first-order valence-corrected chi connectivity index (χ1v) is 7.09. The van der Waals surface area contributed by atoms with Crippen LogP contribution in [0.15, 0.2) is 46.2 Å². The summed E-state index contributed by atoms with van der Waals surface area (Å²) in [6.07, 6.45) is 1.71. The van der Waals surface area contributed by atoms with Crippen molar-refractivity contribution in [1.82, 2.24) is 9.78 Å². The highest BCUT2D eigenvalue weighted by Crippen LogP contribution is 2.17. The van der Waals surface area contributed by atoms with E-state index in [-0.39, 0.29) is 5.84 Å². The highest BCUT2D eigenvalue weighted by Gasteiger charge is 2.19. The highest BCUT2D eigenvalue weighted by atomic mass is 79.9. The van der Waals surface area contributed by atoms with Gasteiger partial charge in [-0.15, -0.1) is 0 Å². The van der Waals surface area contributed by atoms with Crippen LogP contribution in [0, 0.1) is 6.92 Å². The molecule has 1 aromatic heterocycles. The van der Waals surface area contributed by atoms with Gasteiger partial charge in [-0.25, -0.2) is 4.79 Å². The molecule has 0 aliphatic carbocycles. The first-order chi connectivity index (χ1) is 9.99. The van der Waals surface area contributed by atoms with Gasteiger partial charge in [0.2, 0.25) is 0 Å². The third-order valence-electron chi connectivity index (χ3n) is 2.90. The van der Waals surface area contributed by atoms with Crippen molar-refractivity contribution in [2.24, 2.45) is 10.9 Å². The summed E-state index contributed by atoms with van der Waals surface area (Å²) < 4.78 is 2.34. The number of hydrogen-bond donors (Lipinski definition) is 1. The maximum absolute atomic E-state index is 11.9. The van der Waals surface area contributed by atoms with Crippen molar-refractivity contribution in [3.8, 4) is 0 Å². The van der Waals surface area contributed by atoms with E-state index < -0.39 is 12.0 Å². The molecular weight excluding hydrogens is 336 g/mol. The molecule has 6 nitrogen and oxygen atoms in total. The molecule has 0 saturated carbocycles. The molecule has 0 radical (unpaired) electrons. The zero-order valence-electron chi connectivity index (χ0n) is 11.7. The van der Waals surface area contributed by atoms with Gasteiger partial charge in [-0.3, -0.25) is 4.68 Å². The van der Waals surface area contributed by atoms with Gasteiger partial charge in [-0.05, 0) is 29.8 Å². The minimum absolute atomic E-state index is 0.147. The molecule has 7 heteroatoms. The summed E-state index contributed by atoms with van der Waals surface area (Å²) in [6.45, 7) is 3.51. The predicted molar refractivity (Wildman–Crippen MR) is 82.6 cm³/mol. The number of halogens is 1. The monoisotopic (exact) mass is 350 g/mol. The van der Waals surface area contributed by atoms with E-state index in [1.165, 1.54) is 4.68 Å². The number of aromatic nitrogens is 2. The van der Waals surface area contributed by atoms with Crippen LogP contribution < -0.4 is 5.73 Å². The van der Waals surface area contributed by atoms with Crippen molar-refractivity contribution in [1.29, 1.82) is 0 Å². The first kappa shape index (κ1) is 15.2. The van der Waals surface area contributed by atoms with Crippen molar-refractivity contribution in [2.75, 3.05) is 0 Å². The molecule has 0 fully saturated rings. The number of carbonyl (C=O) groups is 1. The molecular formula is C14H15BrN4O2. The van der Waals surface area contributed by atoms with Gasteiger partial charge in [-0.1, -0.05) is 35.5 Å². The molecule has 1 atom stereocenters. The Kier molecular flexibility index (Phi) is 4.74. The van der Waals surface area contributed by atoms with E-state index in [2.05, 4.69) is 26.2 Å². The summed E-state index contributed by atoms with van der Waals surface area (Å²) in [5, 5.41) is 7.87. The van der Waals surface area contributed by atoms with Gasteiger partial charge < -0.3 is 10.6 Å². The number of oxime groups is 1. The fourth-order valence-electron chi connectivity index (χ4n) is 1.60. The molecule has 2 N–H and O–H groups in total. The minimum Gasteiger partial charge on any atom is -0.380 e. The van der Waals surface area contributed by atoms with E-state index in [0.29, 0.717) is 5.56 Å². The van der Waals surface area contributed by atoms with Gasteiger partial charge in [0, 0.05) is 11.8 Å². The van der Waals surface area contributed by atoms with Crippen molar-refractivity contribution in [3.05, 3.63) is 52.3 Å². The van der Waals surface area contributed by atoms with Crippen LogP contribution in [0.2, 0.25) is 0 Å². The molecule has 0 bridgehead atoms. The number of carbonyl (C=O) groups excluding carboxylic acids is 1. The molecule has 2 rings (SSSR count). The summed E-state index contributed by atoms with van der Waals surface area (Å²) in [4.78, 5) is 16.8. The van der Waals surface area contributed by atoms with E-state index in [9.17, 15) is 4.79 Å². The molecule has 1 aromatic carbocycles. The summed E-state index contributed by atoms with van der Waals surface area (Å²) >= 11 is 3.34. The van der Waals surface area contributed by atoms with Gasteiger partial charge in [0.05, 0.1) is 10.2 Å². The highest BCUT2D eigenvalue weighted by molar-refractivity contribution is 9.10. The molecule has 0 amide bonds. The van der Waals surface area contributed by atoms with Crippen LogP contribution >= 0.6 is 15.9 Å². The molecule has 110 valence electrons.